The van der Waals surface area contributed by atoms with Crippen molar-refractivity contribution < 1.29 is 4.79 Å². The number of nitrogens with zero attached hydrogens (tertiary/aromatic N) is 3. The summed E-state index contributed by atoms with van der Waals surface area (Å²) in [4.78, 5) is 13.2. The zero-order valence-electron chi connectivity index (χ0n) is 19.6. The molecule has 0 aliphatic heterocycles. The summed E-state index contributed by atoms with van der Waals surface area (Å²) in [5, 5.41) is 13.2. The SMILES string of the molecule is C[C@H]1CC[C@@H]2C3CC[C@@]4(C)C(CCC4[C@@H](C)C(=O)Cn4cc(C#N)cn4)[C@@H]3CC[C@@H]2C1. The van der Waals surface area contributed by atoms with Gasteiger partial charge in [0, 0.05) is 12.1 Å². The number of ketones is 1. The summed E-state index contributed by atoms with van der Waals surface area (Å²) < 4.78 is 1.65. The number of rotatable bonds is 4. The molecule has 1 heterocycles. The van der Waals surface area contributed by atoms with Crippen molar-refractivity contribution in [3.8, 4) is 6.07 Å². The standard InChI is InChI=1S/C27H39N3O/c1-17-4-6-21-20(12-17)5-7-23-22(21)10-11-27(3)24(8-9-25(23)27)18(2)26(31)16-30-15-19(13-28)14-29-30/h14-15,17-18,20-25H,4-12,16H2,1-3H3/t17-,18+,20+,21-,22?,23+,24?,25?,27+/m0/s1. The average molecular weight is 422 g/mol. The van der Waals surface area contributed by atoms with Crippen LogP contribution in [0.15, 0.2) is 12.4 Å². The van der Waals surface area contributed by atoms with Gasteiger partial charge in [0.05, 0.1) is 18.3 Å². The number of aromatic nitrogens is 2. The first-order valence-corrected chi connectivity index (χ1v) is 12.9. The first-order valence-electron chi connectivity index (χ1n) is 12.9. The number of nitriles is 1. The molecular weight excluding hydrogens is 382 g/mol. The van der Waals surface area contributed by atoms with E-state index in [1.165, 1.54) is 57.8 Å². The zero-order chi connectivity index (χ0) is 21.8. The maximum atomic E-state index is 13.2. The van der Waals surface area contributed by atoms with E-state index in [9.17, 15) is 4.79 Å². The molecule has 4 nitrogen and oxygen atoms in total. The van der Waals surface area contributed by atoms with Gasteiger partial charge in [-0.25, -0.2) is 0 Å². The summed E-state index contributed by atoms with van der Waals surface area (Å²) in [7, 11) is 0. The number of carbonyl (C=O) groups is 1. The van der Waals surface area contributed by atoms with Gasteiger partial charge in [0.2, 0.25) is 0 Å². The lowest BCUT2D eigenvalue weighted by Crippen LogP contribution is -2.49. The van der Waals surface area contributed by atoms with Crippen LogP contribution in [0.25, 0.3) is 0 Å². The first-order chi connectivity index (χ1) is 14.9. The van der Waals surface area contributed by atoms with E-state index in [0.717, 1.165) is 35.5 Å². The molecular formula is C27H39N3O. The highest BCUT2D eigenvalue weighted by atomic mass is 16.1. The predicted molar refractivity (Wildman–Crippen MR) is 121 cm³/mol. The Morgan fingerprint density at radius 2 is 2.00 bits per heavy atom. The molecule has 168 valence electrons. The molecule has 0 bridgehead atoms. The number of fused-ring (bicyclic) bond motifs is 5. The van der Waals surface area contributed by atoms with Crippen LogP contribution < -0.4 is 0 Å². The Bertz CT molecular complexity index is 868. The third-order valence-corrected chi connectivity index (χ3v) is 10.5. The minimum atomic E-state index is 0.0770. The molecule has 31 heavy (non-hydrogen) atoms. The molecule has 0 saturated heterocycles. The van der Waals surface area contributed by atoms with Crippen molar-refractivity contribution >= 4 is 5.78 Å². The average Bonchev–Trinajstić information content (AvgIpc) is 3.36. The molecule has 0 spiro atoms. The molecule has 4 aliphatic carbocycles. The lowest BCUT2D eigenvalue weighted by Gasteiger charge is -2.56. The van der Waals surface area contributed by atoms with Crippen LogP contribution in [0.4, 0.5) is 0 Å². The zero-order valence-corrected chi connectivity index (χ0v) is 19.6. The quantitative estimate of drug-likeness (QED) is 0.611. The summed E-state index contributed by atoms with van der Waals surface area (Å²) >= 11 is 0. The van der Waals surface area contributed by atoms with Gasteiger partial charge < -0.3 is 0 Å². The largest absolute Gasteiger partial charge is 0.297 e. The third-order valence-electron chi connectivity index (χ3n) is 10.5. The van der Waals surface area contributed by atoms with Crippen LogP contribution >= 0.6 is 0 Å². The van der Waals surface area contributed by atoms with Crippen LogP contribution in [-0.2, 0) is 11.3 Å². The highest BCUT2D eigenvalue weighted by molar-refractivity contribution is 5.80. The fraction of sp³-hybridized carbons (Fsp3) is 0.815. The second-order valence-corrected chi connectivity index (χ2v) is 11.9. The highest BCUT2D eigenvalue weighted by Gasteiger charge is 2.58. The van der Waals surface area contributed by atoms with Crippen molar-refractivity contribution in [1.29, 1.82) is 5.26 Å². The van der Waals surface area contributed by atoms with E-state index in [-0.39, 0.29) is 11.7 Å². The normalized spacial score (nSPS) is 42.7. The minimum absolute atomic E-state index is 0.0770. The van der Waals surface area contributed by atoms with E-state index < -0.39 is 0 Å². The smallest absolute Gasteiger partial charge is 0.157 e. The Morgan fingerprint density at radius 1 is 1.19 bits per heavy atom. The Balaban J connectivity index is 1.29. The van der Waals surface area contributed by atoms with Crippen molar-refractivity contribution in [3.05, 3.63) is 18.0 Å². The molecule has 0 N–H and O–H groups in total. The number of hydrogen-bond acceptors (Lipinski definition) is 3. The van der Waals surface area contributed by atoms with Crippen LogP contribution in [0.5, 0.6) is 0 Å². The van der Waals surface area contributed by atoms with Crippen molar-refractivity contribution in [2.45, 2.75) is 85.1 Å². The van der Waals surface area contributed by atoms with Crippen molar-refractivity contribution in [2.24, 2.45) is 52.8 Å². The summed E-state index contributed by atoms with van der Waals surface area (Å²) in [6, 6.07) is 2.10. The summed E-state index contributed by atoms with van der Waals surface area (Å²) in [5.41, 5.74) is 0.854. The first kappa shape index (κ1) is 21.2. The number of hydrogen-bond donors (Lipinski definition) is 0. The fourth-order valence-electron chi connectivity index (χ4n) is 8.99. The van der Waals surface area contributed by atoms with E-state index in [4.69, 9.17) is 5.26 Å². The molecule has 1 aromatic rings. The molecule has 4 aliphatic rings. The highest BCUT2D eigenvalue weighted by Crippen LogP contribution is 2.65. The van der Waals surface area contributed by atoms with Crippen LogP contribution in [0.2, 0.25) is 0 Å². The van der Waals surface area contributed by atoms with E-state index in [0.29, 0.717) is 23.4 Å². The minimum Gasteiger partial charge on any atom is -0.297 e. The maximum Gasteiger partial charge on any atom is 0.157 e. The summed E-state index contributed by atoms with van der Waals surface area (Å²) in [6.45, 7) is 7.46. The molecule has 0 radical (unpaired) electrons. The van der Waals surface area contributed by atoms with Gasteiger partial charge >= 0.3 is 0 Å². The van der Waals surface area contributed by atoms with Gasteiger partial charge in [0.1, 0.15) is 6.07 Å². The second kappa shape index (κ2) is 8.05. The second-order valence-electron chi connectivity index (χ2n) is 11.9. The van der Waals surface area contributed by atoms with Crippen LogP contribution in [0.1, 0.15) is 84.1 Å². The molecule has 0 aromatic carbocycles. The van der Waals surface area contributed by atoms with Gasteiger partial charge in [-0.15, -0.1) is 0 Å². The monoisotopic (exact) mass is 421 g/mol. The fourth-order valence-corrected chi connectivity index (χ4v) is 8.99. The number of Topliss-reactive ketones (excluding diaryl/α,β-unsaturated/α-hetero) is 1. The van der Waals surface area contributed by atoms with Gasteiger partial charge in [-0.2, -0.15) is 10.4 Å². The topological polar surface area (TPSA) is 58.7 Å². The molecule has 0 amide bonds. The molecule has 4 saturated carbocycles. The van der Waals surface area contributed by atoms with E-state index in [1.54, 1.807) is 17.1 Å². The molecule has 1 aromatic heterocycles. The predicted octanol–water partition coefficient (Wildman–Crippen LogP) is 5.86. The molecule has 5 rings (SSSR count). The van der Waals surface area contributed by atoms with Crippen LogP contribution in [0.3, 0.4) is 0 Å². The number of carbonyl (C=O) groups excluding carboxylic acids is 1. The van der Waals surface area contributed by atoms with E-state index in [2.05, 4.69) is 31.9 Å². The lowest BCUT2D eigenvalue weighted by molar-refractivity contribution is -0.128. The van der Waals surface area contributed by atoms with Crippen molar-refractivity contribution in [1.82, 2.24) is 9.78 Å². The van der Waals surface area contributed by atoms with Crippen molar-refractivity contribution in [3.63, 3.8) is 0 Å². The van der Waals surface area contributed by atoms with Crippen LogP contribution in [0, 0.1) is 64.1 Å². The summed E-state index contributed by atoms with van der Waals surface area (Å²) in [6.07, 6.45) is 15.8. The molecule has 9 atom stereocenters. The Labute approximate surface area is 187 Å². The van der Waals surface area contributed by atoms with E-state index in [1.807, 2.05) is 0 Å². The summed E-state index contributed by atoms with van der Waals surface area (Å²) in [5.74, 6) is 6.48. The maximum absolute atomic E-state index is 13.2. The van der Waals surface area contributed by atoms with Crippen LogP contribution in [-0.4, -0.2) is 15.6 Å². The van der Waals surface area contributed by atoms with Crippen molar-refractivity contribution in [2.75, 3.05) is 0 Å². The molecule has 4 heteroatoms. The van der Waals surface area contributed by atoms with E-state index >= 15 is 0 Å². The lowest BCUT2D eigenvalue weighted by atomic mass is 9.48. The Kier molecular flexibility index (Phi) is 5.51. The third kappa shape index (κ3) is 3.57. The molecule has 3 unspecified atom stereocenters. The van der Waals surface area contributed by atoms with Gasteiger partial charge in [-0.1, -0.05) is 27.2 Å². The Hall–Kier alpha value is -1.63. The van der Waals surface area contributed by atoms with Gasteiger partial charge in [0.15, 0.2) is 5.78 Å². The Morgan fingerprint density at radius 3 is 2.77 bits per heavy atom. The van der Waals surface area contributed by atoms with Gasteiger partial charge in [-0.05, 0) is 98.2 Å². The van der Waals surface area contributed by atoms with Gasteiger partial charge in [-0.3, -0.25) is 9.48 Å². The molecule has 4 fully saturated rings. The van der Waals surface area contributed by atoms with Gasteiger partial charge in [0.25, 0.3) is 0 Å².